The number of aliphatic hydroxyl groups excluding tert-OH is 1. The number of hydrogen-bond acceptors (Lipinski definition) is 6. The number of halogens is 1. The van der Waals surface area contributed by atoms with Crippen LogP contribution >= 0.6 is 32.9 Å². The smallest absolute Gasteiger partial charge is 0.260 e. The molecule has 2 N–H and O–H groups in total. The summed E-state index contributed by atoms with van der Waals surface area (Å²) in [6.45, 7) is 8.99. The Labute approximate surface area is 256 Å². The number of thiazole rings is 1. The van der Waals surface area contributed by atoms with Gasteiger partial charge in [-0.2, -0.15) is 4.57 Å². The number of aliphatic hydroxyl groups is 1. The quantitative estimate of drug-likeness (QED) is 0.114. The summed E-state index contributed by atoms with van der Waals surface area (Å²) in [5.74, 6) is 3.36. The molecule has 0 atom stereocenters. The molecule has 39 heavy (non-hydrogen) atoms. The molecule has 9 heteroatoms. The molecule has 0 saturated heterocycles. The van der Waals surface area contributed by atoms with Gasteiger partial charge in [-0.05, 0) is 19.8 Å². The van der Waals surface area contributed by atoms with Gasteiger partial charge in [-0.1, -0.05) is 124 Å². The van der Waals surface area contributed by atoms with E-state index in [0.717, 1.165) is 10.6 Å². The predicted octanol–water partition coefficient (Wildman–Crippen LogP) is 5.19. The Hall–Kier alpha value is -0.540. The minimum absolute atomic E-state index is 0. The van der Waals surface area contributed by atoms with Crippen molar-refractivity contribution < 1.29 is 22.1 Å². The third kappa shape index (κ3) is 19.3. The van der Waals surface area contributed by atoms with E-state index in [0.29, 0.717) is 24.4 Å². The number of H-pyrrole nitrogens is 1. The van der Waals surface area contributed by atoms with Crippen molar-refractivity contribution in [1.29, 1.82) is 0 Å². The molecule has 0 aliphatic heterocycles. The predicted molar refractivity (Wildman–Crippen MR) is 170 cm³/mol. The van der Waals surface area contributed by atoms with Crippen molar-refractivity contribution in [3.05, 3.63) is 44.0 Å². The summed E-state index contributed by atoms with van der Waals surface area (Å²) in [7, 11) is 4.22. The lowest BCUT2D eigenvalue weighted by atomic mass is 10.1. The van der Waals surface area contributed by atoms with Crippen LogP contribution in [0.4, 0.5) is 0 Å². The minimum atomic E-state index is -0.0932. The van der Waals surface area contributed by atoms with Gasteiger partial charge in [0.1, 0.15) is 11.4 Å². The number of nitrogens with one attached hydrogen (secondary N) is 1. The molecule has 0 spiro atoms. The number of rotatable bonds is 21. The Morgan fingerprint density at radius 2 is 1.38 bits per heavy atom. The van der Waals surface area contributed by atoms with Gasteiger partial charge in [-0.3, -0.25) is 4.79 Å². The number of aryl methyl sites for hydroxylation is 1. The van der Waals surface area contributed by atoms with Gasteiger partial charge < -0.3 is 22.5 Å². The summed E-state index contributed by atoms with van der Waals surface area (Å²) in [5, 5.41) is 8.95. The third-order valence-corrected chi connectivity index (χ3v) is 10.3. The highest BCUT2D eigenvalue weighted by Crippen LogP contribution is 2.24. The lowest BCUT2D eigenvalue weighted by Crippen LogP contribution is -3.00. The maximum Gasteiger partial charge on any atom is 0.260 e. The van der Waals surface area contributed by atoms with Crippen LogP contribution in [0, 0.1) is 13.8 Å². The molecule has 0 saturated carbocycles. The van der Waals surface area contributed by atoms with Gasteiger partial charge in [-0.15, -0.1) is 0 Å². The molecule has 0 bridgehead atoms. The van der Waals surface area contributed by atoms with Crippen LogP contribution in [0.25, 0.3) is 0 Å². The van der Waals surface area contributed by atoms with E-state index in [1.165, 1.54) is 101 Å². The first-order valence-corrected chi connectivity index (χ1v) is 18.3. The zero-order chi connectivity index (χ0) is 27.8. The number of hydrogen-bond donors (Lipinski definition) is 2. The highest BCUT2D eigenvalue weighted by atomic mass is 35.5. The lowest BCUT2D eigenvalue weighted by Gasteiger charge is -2.03. The summed E-state index contributed by atoms with van der Waals surface area (Å²) >= 11 is 1.60. The SMILES string of the molecule is CCCCCCCCCSSCCCCCCCCC.Cc1ncc(C[n+]2csc(CCO)c2C)c(=O)[nH]1.[Cl-]. The highest BCUT2D eigenvalue weighted by molar-refractivity contribution is 8.76. The second-order valence-corrected chi connectivity index (χ2v) is 13.7. The van der Waals surface area contributed by atoms with Crippen LogP contribution in [0.15, 0.2) is 16.5 Å². The third-order valence-electron chi connectivity index (χ3n) is 6.58. The van der Waals surface area contributed by atoms with Crippen LogP contribution < -0.4 is 22.5 Å². The largest absolute Gasteiger partial charge is 1.00 e. The van der Waals surface area contributed by atoms with E-state index in [-0.39, 0.29) is 24.6 Å². The highest BCUT2D eigenvalue weighted by Gasteiger charge is 2.16. The van der Waals surface area contributed by atoms with Gasteiger partial charge in [0.15, 0.2) is 12.2 Å². The molecule has 0 fully saturated rings. The summed E-state index contributed by atoms with van der Waals surface area (Å²) < 4.78 is 2.01. The molecular formula is C30H54ClN3O2S3. The van der Waals surface area contributed by atoms with E-state index in [2.05, 4.69) is 45.4 Å². The summed E-state index contributed by atoms with van der Waals surface area (Å²) in [6.07, 6.45) is 22.4. The van der Waals surface area contributed by atoms with Crippen LogP contribution in [0.1, 0.15) is 126 Å². The average molecular weight is 620 g/mol. The number of aromatic amines is 1. The molecule has 0 aliphatic carbocycles. The van der Waals surface area contributed by atoms with E-state index >= 15 is 0 Å². The van der Waals surface area contributed by atoms with Crippen molar-refractivity contribution in [2.45, 2.75) is 131 Å². The molecular weight excluding hydrogens is 566 g/mol. The van der Waals surface area contributed by atoms with Gasteiger partial charge in [0, 0.05) is 37.7 Å². The molecule has 0 unspecified atom stereocenters. The average Bonchev–Trinajstić information content (AvgIpc) is 3.24. The lowest BCUT2D eigenvalue weighted by molar-refractivity contribution is -0.689. The molecule has 2 aromatic heterocycles. The van der Waals surface area contributed by atoms with Gasteiger partial charge in [0.25, 0.3) is 5.56 Å². The van der Waals surface area contributed by atoms with Crippen LogP contribution in [-0.4, -0.2) is 33.2 Å². The maximum absolute atomic E-state index is 11.7. The maximum atomic E-state index is 11.7. The molecule has 0 aliphatic rings. The van der Waals surface area contributed by atoms with Crippen LogP contribution in [0.2, 0.25) is 0 Å². The normalized spacial score (nSPS) is 10.7. The van der Waals surface area contributed by atoms with Crippen LogP contribution in [0.5, 0.6) is 0 Å². The molecule has 2 rings (SSSR count). The first-order valence-electron chi connectivity index (χ1n) is 14.9. The summed E-state index contributed by atoms with van der Waals surface area (Å²) in [4.78, 5) is 19.7. The van der Waals surface area contributed by atoms with Gasteiger partial charge in [0.05, 0.1) is 4.88 Å². The summed E-state index contributed by atoms with van der Waals surface area (Å²) in [6, 6.07) is 0. The fourth-order valence-corrected chi connectivity index (χ4v) is 7.39. The zero-order valence-corrected chi connectivity index (χ0v) is 28.1. The van der Waals surface area contributed by atoms with Gasteiger partial charge in [-0.25, -0.2) is 4.98 Å². The second-order valence-electron chi connectivity index (χ2n) is 10.0. The van der Waals surface area contributed by atoms with E-state index < -0.39 is 0 Å². The Balaban J connectivity index is 0.000000724. The standard InChI is InChI=1S/C18H38S2.C12H15N3O2S.ClH/c1-3-5-7-9-11-13-15-17-19-20-18-16-14-12-10-8-6-4-2;1-8-11(3-4-16)18-7-15(8)6-10-5-13-9(2)14-12(10)17;/h3-18H2,1-2H3;5,7,16H,3-4,6H2,1-2H3;1H. The molecule has 0 radical (unpaired) electrons. The Morgan fingerprint density at radius 1 is 0.872 bits per heavy atom. The van der Waals surface area contributed by atoms with Crippen molar-refractivity contribution in [3.8, 4) is 0 Å². The first kappa shape index (κ1) is 38.5. The van der Waals surface area contributed by atoms with Crippen molar-refractivity contribution in [2.75, 3.05) is 18.1 Å². The molecule has 2 heterocycles. The molecule has 5 nitrogen and oxygen atoms in total. The van der Waals surface area contributed by atoms with Crippen molar-refractivity contribution in [3.63, 3.8) is 0 Å². The molecule has 0 aromatic carbocycles. The number of nitrogens with zero attached hydrogens (tertiary/aromatic N) is 2. The summed E-state index contributed by atoms with van der Waals surface area (Å²) in [5.41, 5.74) is 3.61. The Bertz CT molecular complexity index is 875. The van der Waals surface area contributed by atoms with Gasteiger partial charge in [0.2, 0.25) is 5.51 Å². The molecule has 226 valence electrons. The van der Waals surface area contributed by atoms with Crippen LogP contribution in [0.3, 0.4) is 0 Å². The van der Waals surface area contributed by atoms with Crippen molar-refractivity contribution in [2.24, 2.45) is 0 Å². The molecule has 2 aromatic rings. The van der Waals surface area contributed by atoms with Crippen molar-refractivity contribution in [1.82, 2.24) is 9.97 Å². The Kier molecular flexibility index (Phi) is 26.0. The van der Waals surface area contributed by atoms with Crippen molar-refractivity contribution >= 4 is 32.9 Å². The second kappa shape index (κ2) is 26.4. The topological polar surface area (TPSA) is 69.9 Å². The Morgan fingerprint density at radius 3 is 1.87 bits per heavy atom. The minimum Gasteiger partial charge on any atom is -1.00 e. The fraction of sp³-hybridized carbons (Fsp3) is 0.767. The van der Waals surface area contributed by atoms with E-state index in [4.69, 9.17) is 5.11 Å². The zero-order valence-electron chi connectivity index (χ0n) is 24.9. The monoisotopic (exact) mass is 619 g/mol. The van der Waals surface area contributed by atoms with Gasteiger partial charge >= 0.3 is 0 Å². The first-order chi connectivity index (χ1) is 18.5. The molecule has 0 amide bonds. The van der Waals surface area contributed by atoms with Crippen LogP contribution in [-0.2, 0) is 13.0 Å². The number of aromatic nitrogens is 3. The van der Waals surface area contributed by atoms with E-state index in [9.17, 15) is 4.79 Å². The van der Waals surface area contributed by atoms with E-state index in [1.54, 1.807) is 24.5 Å². The number of unbranched alkanes of at least 4 members (excludes halogenated alkanes) is 12. The fourth-order valence-electron chi connectivity index (χ4n) is 4.11. The van der Waals surface area contributed by atoms with E-state index in [1.807, 2.05) is 17.0 Å².